The monoisotopic (exact) mass is 623 g/mol. The lowest BCUT2D eigenvalue weighted by atomic mass is 9.61. The first-order chi connectivity index (χ1) is 15.3. The van der Waals surface area contributed by atoms with Gasteiger partial charge >= 0.3 is 5.24 Å². The highest BCUT2D eigenvalue weighted by Gasteiger charge is 2.54. The second kappa shape index (κ2) is 11.1. The lowest BCUT2D eigenvalue weighted by molar-refractivity contribution is -0.283. The summed E-state index contributed by atoms with van der Waals surface area (Å²) in [7, 11) is 1.67. The van der Waals surface area contributed by atoms with Crippen LogP contribution in [-0.2, 0) is 28.0 Å². The molecule has 0 amide bonds. The molecule has 12 heteroatoms. The molecule has 0 aromatic carbocycles. The van der Waals surface area contributed by atoms with Gasteiger partial charge in [-0.2, -0.15) is 0 Å². The van der Waals surface area contributed by atoms with Gasteiger partial charge in [-0.15, -0.1) is 0 Å². The van der Waals surface area contributed by atoms with Gasteiger partial charge in [0.1, 0.15) is 18.3 Å². The summed E-state index contributed by atoms with van der Waals surface area (Å²) in [5.41, 5.74) is 4.82. The first-order valence-corrected chi connectivity index (χ1v) is 15.9. The van der Waals surface area contributed by atoms with Crippen molar-refractivity contribution in [2.75, 3.05) is 26.9 Å². The lowest BCUT2D eigenvalue weighted by Crippen LogP contribution is -2.64. The van der Waals surface area contributed by atoms with Gasteiger partial charge in [0.25, 0.3) is 0 Å². The van der Waals surface area contributed by atoms with Crippen molar-refractivity contribution >= 4 is 27.3 Å². The molecule has 0 spiro atoms. The van der Waals surface area contributed by atoms with Crippen LogP contribution in [0.2, 0.25) is 0 Å². The van der Waals surface area contributed by atoms with E-state index in [2.05, 4.69) is 13.8 Å². The number of aliphatic hydroxyl groups excluding tert-OH is 2. The van der Waals surface area contributed by atoms with Crippen molar-refractivity contribution in [1.82, 2.24) is 0 Å². The lowest BCUT2D eigenvalue weighted by Gasteiger charge is -2.53. The van der Waals surface area contributed by atoms with E-state index in [1.807, 2.05) is 20.8 Å². The van der Waals surface area contributed by atoms with Crippen molar-refractivity contribution < 1.29 is 43.1 Å². The molecule has 2 aliphatic rings. The minimum Gasteiger partial charge on any atom is -0.394 e. The molecule has 1 heterocycles. The van der Waals surface area contributed by atoms with E-state index in [0.717, 1.165) is 6.42 Å². The Bertz CT molecular complexity index is 725. The minimum absolute atomic E-state index is 0.238. The van der Waals surface area contributed by atoms with Crippen LogP contribution in [0.25, 0.3) is 0 Å². The van der Waals surface area contributed by atoms with Crippen molar-refractivity contribution in [2.24, 2.45) is 16.6 Å². The van der Waals surface area contributed by atoms with Gasteiger partial charge in [-0.25, -0.2) is 4.57 Å². The van der Waals surface area contributed by atoms with Crippen LogP contribution < -0.4 is 5.73 Å². The Morgan fingerprint density at radius 2 is 1.79 bits per heavy atom. The molecule has 2 fully saturated rings. The minimum atomic E-state index is -3.63. The number of nitrogens with two attached hydrogens (primary N) is 1. The van der Waals surface area contributed by atoms with Gasteiger partial charge in [0.2, 0.25) is 0 Å². The van der Waals surface area contributed by atoms with Gasteiger partial charge in [0.15, 0.2) is 6.29 Å². The molecule has 2 rings (SSSR count). The largest absolute Gasteiger partial charge is 0.394 e. The normalized spacial score (nSPS) is 38.9. The molecule has 0 aromatic rings. The number of methoxy groups -OCH3 is 1. The van der Waals surface area contributed by atoms with Crippen molar-refractivity contribution in [3.8, 4) is 0 Å². The maximum absolute atomic E-state index is 11.6. The summed E-state index contributed by atoms with van der Waals surface area (Å²) in [6.45, 7) is 12.1. The Balaban J connectivity index is 1.99. The van der Waals surface area contributed by atoms with Crippen LogP contribution in [0.1, 0.15) is 60.8 Å². The first-order valence-electron chi connectivity index (χ1n) is 11.5. The molecule has 1 aliphatic carbocycles. The molecular weight excluding hydrogens is 580 g/mol. The van der Waals surface area contributed by atoms with Gasteiger partial charge in [0, 0.05) is 7.11 Å². The Kier molecular flexibility index (Phi) is 10.1. The molecule has 6 unspecified atom stereocenters. The molecular formula is C22H43INO9P. The van der Waals surface area contributed by atoms with Crippen LogP contribution >= 0.6 is 27.3 Å². The molecule has 0 radical (unpaired) electrons. The number of hydrogen-bond donors (Lipinski definition) is 4. The van der Waals surface area contributed by atoms with Crippen LogP contribution in [0.3, 0.4) is 0 Å². The highest BCUT2D eigenvalue weighted by atomic mass is 127. The summed E-state index contributed by atoms with van der Waals surface area (Å²) in [5.74, 6) is 0. The van der Waals surface area contributed by atoms with Crippen LogP contribution in [-0.4, -0.2) is 83.9 Å². The van der Waals surface area contributed by atoms with Crippen LogP contribution in [0.15, 0.2) is 0 Å². The Morgan fingerprint density at radius 1 is 1.21 bits per heavy atom. The van der Waals surface area contributed by atoms with E-state index in [1.54, 1.807) is 14.0 Å². The molecule has 10 nitrogen and oxygen atoms in total. The van der Waals surface area contributed by atoms with Crippen molar-refractivity contribution in [2.45, 2.75) is 103 Å². The van der Waals surface area contributed by atoms with E-state index in [1.165, 1.54) is 22.0 Å². The molecule has 34 heavy (non-hydrogen) atoms. The summed E-state index contributed by atoms with van der Waals surface area (Å²) in [5, 5.41) is 16.8. The zero-order chi connectivity index (χ0) is 26.2. The summed E-state index contributed by atoms with van der Waals surface area (Å²) in [6, 6.07) is -0.776. The summed E-state index contributed by atoms with van der Waals surface area (Å²) < 4.78 is 40.4. The quantitative estimate of drug-likeness (QED) is 0.189. The predicted octanol–water partition coefficient (Wildman–Crippen LogP) is 2.75. The van der Waals surface area contributed by atoms with Gasteiger partial charge < -0.3 is 39.8 Å². The van der Waals surface area contributed by atoms with E-state index < -0.39 is 48.1 Å². The van der Waals surface area contributed by atoms with Crippen LogP contribution in [0.4, 0.5) is 0 Å². The van der Waals surface area contributed by atoms with Gasteiger partial charge in [-0.1, -0.05) is 20.8 Å². The second-order valence-electron chi connectivity index (χ2n) is 11.8. The fraction of sp³-hybridized carbons (Fsp3) is 1.00. The molecule has 0 bridgehead atoms. The van der Waals surface area contributed by atoms with E-state index in [0.29, 0.717) is 19.4 Å². The molecule has 1 saturated heterocycles. The van der Waals surface area contributed by atoms with Crippen LogP contribution in [0, 0.1) is 10.8 Å². The average Bonchev–Trinajstić information content (AvgIpc) is 2.63. The maximum atomic E-state index is 11.6. The average molecular weight is 623 g/mol. The highest BCUT2D eigenvalue weighted by Crippen LogP contribution is 2.62. The zero-order valence-corrected chi connectivity index (χ0v) is 24.4. The van der Waals surface area contributed by atoms with Crippen LogP contribution in [0.5, 0.6) is 0 Å². The number of halogens is 1. The SMILES string of the molecule is COC(C)(C)CC(C)(C)COC1OC(CO)C(O)C(OCC2(C)CC(C)(OP(=O)(O)I)C2)C1N. The van der Waals surface area contributed by atoms with E-state index in [4.69, 9.17) is 29.2 Å². The fourth-order valence-corrected chi connectivity index (χ4v) is 7.62. The summed E-state index contributed by atoms with van der Waals surface area (Å²) in [4.78, 5) is 9.54. The second-order valence-corrected chi connectivity index (χ2v) is 16.6. The molecule has 202 valence electrons. The van der Waals surface area contributed by atoms with Crippen molar-refractivity contribution in [3.05, 3.63) is 0 Å². The van der Waals surface area contributed by atoms with Gasteiger partial charge in [-0.05, 0) is 50.9 Å². The summed E-state index contributed by atoms with van der Waals surface area (Å²) in [6.07, 6.45) is -1.91. The van der Waals surface area contributed by atoms with E-state index in [-0.39, 0.29) is 23.0 Å². The molecule has 1 aliphatic heterocycles. The fourth-order valence-electron chi connectivity index (χ4n) is 5.52. The first kappa shape index (κ1) is 30.8. The van der Waals surface area contributed by atoms with Gasteiger partial charge in [0.05, 0.1) is 59.1 Å². The maximum Gasteiger partial charge on any atom is 0.386 e. The van der Waals surface area contributed by atoms with E-state index >= 15 is 0 Å². The number of ether oxygens (including phenoxy) is 4. The highest BCUT2D eigenvalue weighted by molar-refractivity contribution is 14.2. The standard InChI is InChI=1S/C22H43INO9P/c1-19(2,9-20(3,4)29-7)12-31-18-15(24)17(16(26)14(8-25)32-18)30-13-21(5)10-22(6,11-21)33-34(23,27)28/h14-18,25-26H,8-13,24H2,1-7H3,(H,27,28). The molecule has 1 saturated carbocycles. The third-order valence-electron chi connectivity index (χ3n) is 6.55. The number of rotatable bonds is 12. The van der Waals surface area contributed by atoms with E-state index in [9.17, 15) is 19.7 Å². The number of aliphatic hydroxyl groups is 2. The third-order valence-corrected chi connectivity index (χ3v) is 7.81. The van der Waals surface area contributed by atoms with Crippen molar-refractivity contribution in [1.29, 1.82) is 0 Å². The Hall–Kier alpha value is 0.600. The van der Waals surface area contributed by atoms with Gasteiger partial charge in [-0.3, -0.25) is 4.52 Å². The third kappa shape index (κ3) is 8.58. The van der Waals surface area contributed by atoms with Crippen molar-refractivity contribution in [3.63, 3.8) is 0 Å². The Morgan fingerprint density at radius 3 is 2.29 bits per heavy atom. The Labute approximate surface area is 216 Å². The molecule has 0 aromatic heterocycles. The number of hydrogen-bond acceptors (Lipinski definition) is 9. The predicted molar refractivity (Wildman–Crippen MR) is 136 cm³/mol. The summed E-state index contributed by atoms with van der Waals surface area (Å²) >= 11 is 1.41. The molecule has 5 N–H and O–H groups in total. The smallest absolute Gasteiger partial charge is 0.386 e. The molecule has 6 atom stereocenters. The zero-order valence-electron chi connectivity index (χ0n) is 21.3. The topological polar surface area (TPSA) is 150 Å².